The van der Waals surface area contributed by atoms with E-state index in [1.165, 1.54) is 5.56 Å². The number of aromatic carboxylic acids is 1. The van der Waals surface area contributed by atoms with Crippen molar-refractivity contribution in [3.8, 4) is 17.1 Å². The first-order valence-corrected chi connectivity index (χ1v) is 10.5. The Balaban J connectivity index is 1.69. The van der Waals surface area contributed by atoms with Gasteiger partial charge in [-0.25, -0.2) is 4.79 Å². The van der Waals surface area contributed by atoms with Gasteiger partial charge in [-0.3, -0.25) is 4.57 Å². The number of rotatable bonds is 6. The Morgan fingerprint density at radius 3 is 2.33 bits per heavy atom. The molecule has 0 saturated carbocycles. The second-order valence-electron chi connectivity index (χ2n) is 7.14. The highest BCUT2D eigenvalue weighted by Gasteiger charge is 2.16. The molecule has 1 heterocycles. The van der Waals surface area contributed by atoms with Crippen molar-refractivity contribution in [2.24, 2.45) is 0 Å². The largest absolute Gasteiger partial charge is 0.478 e. The Bertz CT molecular complexity index is 1180. The van der Waals surface area contributed by atoms with Gasteiger partial charge in [-0.05, 0) is 49.2 Å². The molecule has 0 spiro atoms. The van der Waals surface area contributed by atoms with Crippen LogP contribution in [0.15, 0.2) is 78.0 Å². The third kappa shape index (κ3) is 4.28. The van der Waals surface area contributed by atoms with Crippen molar-refractivity contribution in [3.05, 3.63) is 95.1 Å². The van der Waals surface area contributed by atoms with E-state index in [2.05, 4.69) is 71.1 Å². The first kappa shape index (κ1) is 19.9. The van der Waals surface area contributed by atoms with Crippen LogP contribution < -0.4 is 0 Å². The predicted molar refractivity (Wildman–Crippen MR) is 119 cm³/mol. The van der Waals surface area contributed by atoms with Crippen molar-refractivity contribution in [2.75, 3.05) is 0 Å². The maximum absolute atomic E-state index is 11.1. The number of hydrogen-bond acceptors (Lipinski definition) is 4. The first-order valence-electron chi connectivity index (χ1n) is 9.56. The highest BCUT2D eigenvalue weighted by atomic mass is 32.2. The zero-order valence-corrected chi connectivity index (χ0v) is 17.6. The van der Waals surface area contributed by atoms with Crippen LogP contribution in [0.1, 0.15) is 27.0 Å². The number of aryl methyl sites for hydroxylation is 2. The first-order chi connectivity index (χ1) is 14.5. The van der Waals surface area contributed by atoms with Gasteiger partial charge in [-0.15, -0.1) is 10.2 Å². The third-order valence-corrected chi connectivity index (χ3v) is 5.77. The molecule has 0 unspecified atom stereocenters. The predicted octanol–water partition coefficient (Wildman–Crippen LogP) is 5.54. The lowest BCUT2D eigenvalue weighted by Crippen LogP contribution is -2.00. The van der Waals surface area contributed by atoms with Crippen molar-refractivity contribution >= 4 is 17.7 Å². The van der Waals surface area contributed by atoms with Gasteiger partial charge in [0, 0.05) is 17.0 Å². The zero-order chi connectivity index (χ0) is 21.1. The fourth-order valence-corrected chi connectivity index (χ4v) is 4.05. The highest BCUT2D eigenvalue weighted by molar-refractivity contribution is 7.98. The Morgan fingerprint density at radius 1 is 0.933 bits per heavy atom. The SMILES string of the molecule is Cc1ccc(-c2nnc(SCc3ccc(C(=O)O)cc3)n2-c2cccc(C)c2)cc1. The summed E-state index contributed by atoms with van der Waals surface area (Å²) in [4.78, 5) is 11.1. The van der Waals surface area contributed by atoms with Crippen LogP contribution in [-0.2, 0) is 5.75 Å². The van der Waals surface area contributed by atoms with Crippen LogP contribution in [0.3, 0.4) is 0 Å². The molecule has 4 aromatic rings. The number of nitrogens with zero attached hydrogens (tertiary/aromatic N) is 3. The molecule has 0 amide bonds. The van der Waals surface area contributed by atoms with E-state index in [1.54, 1.807) is 23.9 Å². The maximum Gasteiger partial charge on any atom is 0.335 e. The smallest absolute Gasteiger partial charge is 0.335 e. The van der Waals surface area contributed by atoms with E-state index in [9.17, 15) is 4.79 Å². The average Bonchev–Trinajstić information content (AvgIpc) is 3.17. The summed E-state index contributed by atoms with van der Waals surface area (Å²) in [6, 6.07) is 23.5. The van der Waals surface area contributed by atoms with Gasteiger partial charge in [-0.2, -0.15) is 0 Å². The van der Waals surface area contributed by atoms with Crippen LogP contribution in [0.4, 0.5) is 0 Å². The summed E-state index contributed by atoms with van der Waals surface area (Å²) < 4.78 is 2.08. The van der Waals surface area contributed by atoms with E-state index in [0.29, 0.717) is 5.75 Å². The summed E-state index contributed by atoms with van der Waals surface area (Å²) in [6.07, 6.45) is 0. The van der Waals surface area contributed by atoms with Crippen LogP contribution in [0.5, 0.6) is 0 Å². The molecule has 1 aromatic heterocycles. The number of carbonyl (C=O) groups is 1. The minimum atomic E-state index is -0.920. The quantitative estimate of drug-likeness (QED) is 0.419. The zero-order valence-electron chi connectivity index (χ0n) is 16.7. The van der Waals surface area contributed by atoms with Crippen molar-refractivity contribution in [1.29, 1.82) is 0 Å². The third-order valence-electron chi connectivity index (χ3n) is 4.77. The van der Waals surface area contributed by atoms with Crippen molar-refractivity contribution in [1.82, 2.24) is 14.8 Å². The molecular formula is C24H21N3O2S. The highest BCUT2D eigenvalue weighted by Crippen LogP contribution is 2.30. The summed E-state index contributed by atoms with van der Waals surface area (Å²) in [7, 11) is 0. The summed E-state index contributed by atoms with van der Waals surface area (Å²) in [5.41, 5.74) is 5.69. The molecule has 30 heavy (non-hydrogen) atoms. The van der Waals surface area contributed by atoms with E-state index in [1.807, 2.05) is 18.2 Å². The minimum absolute atomic E-state index is 0.285. The Morgan fingerprint density at radius 2 is 1.67 bits per heavy atom. The minimum Gasteiger partial charge on any atom is -0.478 e. The molecule has 3 aromatic carbocycles. The fourth-order valence-electron chi connectivity index (χ4n) is 3.14. The van der Waals surface area contributed by atoms with Crippen LogP contribution >= 0.6 is 11.8 Å². The number of thioether (sulfide) groups is 1. The monoisotopic (exact) mass is 415 g/mol. The number of aromatic nitrogens is 3. The summed E-state index contributed by atoms with van der Waals surface area (Å²) in [5, 5.41) is 18.8. The van der Waals surface area contributed by atoms with E-state index >= 15 is 0 Å². The molecule has 0 atom stereocenters. The number of benzene rings is 3. The molecule has 150 valence electrons. The average molecular weight is 416 g/mol. The van der Waals surface area contributed by atoms with Crippen LogP contribution in [0.25, 0.3) is 17.1 Å². The molecule has 0 aliphatic heterocycles. The molecule has 0 aliphatic rings. The molecule has 4 rings (SSSR count). The molecule has 6 heteroatoms. The molecule has 0 saturated heterocycles. The van der Waals surface area contributed by atoms with Gasteiger partial charge in [-0.1, -0.05) is 65.9 Å². The number of carboxylic acids is 1. The van der Waals surface area contributed by atoms with Crippen LogP contribution in [0.2, 0.25) is 0 Å². The summed E-state index contributed by atoms with van der Waals surface area (Å²) >= 11 is 1.58. The topological polar surface area (TPSA) is 68.0 Å². The molecule has 5 nitrogen and oxygen atoms in total. The van der Waals surface area contributed by atoms with E-state index < -0.39 is 5.97 Å². The summed E-state index contributed by atoms with van der Waals surface area (Å²) in [5.74, 6) is 0.540. The normalized spacial score (nSPS) is 10.9. The molecule has 0 radical (unpaired) electrons. The van der Waals surface area contributed by atoms with Crippen LogP contribution in [0, 0.1) is 13.8 Å². The van der Waals surface area contributed by atoms with Crippen molar-refractivity contribution in [2.45, 2.75) is 24.8 Å². The van der Waals surface area contributed by atoms with Gasteiger partial charge in [0.15, 0.2) is 11.0 Å². The van der Waals surface area contributed by atoms with E-state index in [0.717, 1.165) is 33.4 Å². The fraction of sp³-hybridized carbons (Fsp3) is 0.125. The van der Waals surface area contributed by atoms with Crippen molar-refractivity contribution < 1.29 is 9.90 Å². The number of carboxylic acid groups (broad SMARTS) is 1. The molecule has 0 aliphatic carbocycles. The summed E-state index contributed by atoms with van der Waals surface area (Å²) in [6.45, 7) is 4.13. The van der Waals surface area contributed by atoms with Crippen LogP contribution in [-0.4, -0.2) is 25.8 Å². The lowest BCUT2D eigenvalue weighted by Gasteiger charge is -2.11. The molecular weight excluding hydrogens is 394 g/mol. The van der Waals surface area contributed by atoms with Gasteiger partial charge in [0.25, 0.3) is 0 Å². The van der Waals surface area contributed by atoms with Gasteiger partial charge >= 0.3 is 5.97 Å². The Hall–Kier alpha value is -3.38. The molecule has 1 N–H and O–H groups in total. The second-order valence-corrected chi connectivity index (χ2v) is 8.08. The van der Waals surface area contributed by atoms with Gasteiger partial charge in [0.05, 0.1) is 5.56 Å². The maximum atomic E-state index is 11.1. The Labute approximate surface area is 179 Å². The molecule has 0 fully saturated rings. The van der Waals surface area contributed by atoms with E-state index in [4.69, 9.17) is 5.11 Å². The standard InChI is InChI=1S/C24H21N3O2S/c1-16-6-10-19(11-7-16)22-25-26-24(27(22)21-5-3-4-17(2)14-21)30-15-18-8-12-20(13-9-18)23(28)29/h3-14H,15H2,1-2H3,(H,28,29). The molecule has 0 bridgehead atoms. The van der Waals surface area contributed by atoms with E-state index in [-0.39, 0.29) is 5.56 Å². The number of hydrogen-bond donors (Lipinski definition) is 1. The lowest BCUT2D eigenvalue weighted by molar-refractivity contribution is 0.0697. The lowest BCUT2D eigenvalue weighted by atomic mass is 10.1. The Kier molecular flexibility index (Phi) is 5.68. The van der Waals surface area contributed by atoms with Gasteiger partial charge in [0.1, 0.15) is 0 Å². The van der Waals surface area contributed by atoms with Gasteiger partial charge < -0.3 is 5.11 Å². The van der Waals surface area contributed by atoms with Gasteiger partial charge in [0.2, 0.25) is 0 Å². The van der Waals surface area contributed by atoms with Crippen molar-refractivity contribution in [3.63, 3.8) is 0 Å². The second kappa shape index (κ2) is 8.55.